The highest BCUT2D eigenvalue weighted by Crippen LogP contribution is 2.23. The number of hydrogen-bond donors (Lipinski definition) is 1. The lowest BCUT2D eigenvalue weighted by atomic mass is 10.2. The summed E-state index contributed by atoms with van der Waals surface area (Å²) in [5, 5.41) is 17.4. The van der Waals surface area contributed by atoms with Gasteiger partial charge < -0.3 is 5.11 Å². The maximum absolute atomic E-state index is 9.32. The van der Waals surface area contributed by atoms with E-state index in [1.54, 1.807) is 24.4 Å². The molecule has 0 saturated heterocycles. The van der Waals surface area contributed by atoms with Gasteiger partial charge in [0.15, 0.2) is 0 Å². The van der Waals surface area contributed by atoms with Crippen molar-refractivity contribution in [3.8, 4) is 5.75 Å². The first-order valence-electron chi connectivity index (χ1n) is 4.66. The molecule has 4 nitrogen and oxygen atoms in total. The monoisotopic (exact) mass is 201 g/mol. The molecular formula is C11H11N3O. The maximum atomic E-state index is 9.32. The second-order valence-corrected chi connectivity index (χ2v) is 3.32. The Kier molecular flexibility index (Phi) is 2.58. The second-order valence-electron chi connectivity index (χ2n) is 3.32. The van der Waals surface area contributed by atoms with E-state index in [-0.39, 0.29) is 5.75 Å². The summed E-state index contributed by atoms with van der Waals surface area (Å²) in [6, 6.07) is 5.13. The van der Waals surface area contributed by atoms with Crippen molar-refractivity contribution in [1.29, 1.82) is 0 Å². The lowest BCUT2D eigenvalue weighted by Gasteiger charge is -1.98. The summed E-state index contributed by atoms with van der Waals surface area (Å²) in [5.41, 5.74) is 2.38. The van der Waals surface area contributed by atoms with E-state index in [1.165, 1.54) is 0 Å². The van der Waals surface area contributed by atoms with Crippen molar-refractivity contribution < 1.29 is 5.11 Å². The number of aliphatic imine (C=N–C) groups is 1. The largest absolute Gasteiger partial charge is 0.508 e. The molecule has 1 heterocycles. The Morgan fingerprint density at radius 1 is 1.33 bits per heavy atom. The highest BCUT2D eigenvalue weighted by molar-refractivity contribution is 5.74. The fraction of sp³-hybridized carbons (Fsp3) is 0.182. The zero-order valence-electron chi connectivity index (χ0n) is 8.38. The summed E-state index contributed by atoms with van der Waals surface area (Å²) < 4.78 is 0. The first kappa shape index (κ1) is 9.58. The molecule has 0 bridgehead atoms. The minimum absolute atomic E-state index is 0.275. The standard InChI is InChI=1S/C11H11N3O/c1-8-6-9(2-3-11(8)15)13-14-10-4-5-12-7-10/h2-6,15H,7H2,1H3. The van der Waals surface area contributed by atoms with Crippen LogP contribution in [0.15, 0.2) is 45.2 Å². The van der Waals surface area contributed by atoms with Gasteiger partial charge in [0.05, 0.1) is 17.9 Å². The molecule has 0 aromatic heterocycles. The van der Waals surface area contributed by atoms with Gasteiger partial charge in [0.25, 0.3) is 0 Å². The second kappa shape index (κ2) is 4.04. The highest BCUT2D eigenvalue weighted by Gasteiger charge is 1.99. The number of allylic oxidation sites excluding steroid dienone is 1. The van der Waals surface area contributed by atoms with Crippen molar-refractivity contribution in [2.45, 2.75) is 6.92 Å². The lowest BCUT2D eigenvalue weighted by molar-refractivity contribution is 0.471. The minimum atomic E-state index is 0.275. The Labute approximate surface area is 87.7 Å². The van der Waals surface area contributed by atoms with Crippen LogP contribution in [-0.4, -0.2) is 17.9 Å². The molecule has 0 radical (unpaired) electrons. The van der Waals surface area contributed by atoms with Gasteiger partial charge >= 0.3 is 0 Å². The smallest absolute Gasteiger partial charge is 0.118 e. The molecule has 2 rings (SSSR count). The van der Waals surface area contributed by atoms with E-state index in [9.17, 15) is 5.11 Å². The zero-order valence-corrected chi connectivity index (χ0v) is 8.38. The quantitative estimate of drug-likeness (QED) is 0.735. The van der Waals surface area contributed by atoms with Crippen molar-refractivity contribution in [3.63, 3.8) is 0 Å². The Balaban J connectivity index is 2.14. The van der Waals surface area contributed by atoms with Gasteiger partial charge in [0.2, 0.25) is 0 Å². The molecule has 0 aliphatic carbocycles. The summed E-state index contributed by atoms with van der Waals surface area (Å²) in [5.74, 6) is 0.275. The number of benzene rings is 1. The number of hydrogen-bond acceptors (Lipinski definition) is 4. The third kappa shape index (κ3) is 2.28. The Morgan fingerprint density at radius 3 is 2.87 bits per heavy atom. The molecule has 0 atom stereocenters. The van der Waals surface area contributed by atoms with E-state index in [0.29, 0.717) is 6.54 Å². The van der Waals surface area contributed by atoms with E-state index < -0.39 is 0 Å². The van der Waals surface area contributed by atoms with Gasteiger partial charge in [-0.15, -0.1) is 0 Å². The Hall–Kier alpha value is -1.97. The summed E-state index contributed by atoms with van der Waals surface area (Å²) in [7, 11) is 0. The molecule has 4 heteroatoms. The van der Waals surface area contributed by atoms with E-state index >= 15 is 0 Å². The van der Waals surface area contributed by atoms with E-state index in [1.807, 2.05) is 13.0 Å². The van der Waals surface area contributed by atoms with Crippen LogP contribution in [0, 0.1) is 6.92 Å². The number of rotatable bonds is 2. The van der Waals surface area contributed by atoms with Crippen molar-refractivity contribution in [2.24, 2.45) is 15.2 Å². The Morgan fingerprint density at radius 2 is 2.20 bits per heavy atom. The van der Waals surface area contributed by atoms with Crippen LogP contribution in [0.2, 0.25) is 0 Å². The van der Waals surface area contributed by atoms with Gasteiger partial charge in [-0.25, -0.2) is 0 Å². The highest BCUT2D eigenvalue weighted by atomic mass is 16.3. The van der Waals surface area contributed by atoms with Crippen LogP contribution in [0.1, 0.15) is 5.56 Å². The predicted molar refractivity (Wildman–Crippen MR) is 58.8 cm³/mol. The number of azo groups is 1. The van der Waals surface area contributed by atoms with Gasteiger partial charge in [-0.05, 0) is 36.8 Å². The van der Waals surface area contributed by atoms with Crippen molar-refractivity contribution in [3.05, 3.63) is 35.5 Å². The summed E-state index contributed by atoms with van der Waals surface area (Å²) >= 11 is 0. The number of phenolic OH excluding ortho intramolecular Hbond substituents is 1. The number of phenols is 1. The molecule has 15 heavy (non-hydrogen) atoms. The molecule has 1 aromatic carbocycles. The molecule has 1 aliphatic heterocycles. The van der Waals surface area contributed by atoms with Crippen LogP contribution in [0.25, 0.3) is 0 Å². The van der Waals surface area contributed by atoms with Gasteiger partial charge in [-0.2, -0.15) is 10.2 Å². The van der Waals surface area contributed by atoms with E-state index in [0.717, 1.165) is 16.9 Å². The number of aromatic hydroxyl groups is 1. The summed E-state index contributed by atoms with van der Waals surface area (Å²) in [6.07, 6.45) is 3.55. The molecule has 1 aromatic rings. The lowest BCUT2D eigenvalue weighted by Crippen LogP contribution is -1.77. The van der Waals surface area contributed by atoms with Crippen molar-refractivity contribution in [2.75, 3.05) is 6.54 Å². The van der Waals surface area contributed by atoms with Crippen LogP contribution >= 0.6 is 0 Å². The van der Waals surface area contributed by atoms with E-state index in [4.69, 9.17) is 0 Å². The predicted octanol–water partition coefficient (Wildman–Crippen LogP) is 2.75. The molecule has 0 unspecified atom stereocenters. The van der Waals surface area contributed by atoms with Crippen LogP contribution in [-0.2, 0) is 0 Å². The normalized spacial score (nSPS) is 14.9. The van der Waals surface area contributed by atoms with Gasteiger partial charge in [-0.1, -0.05) is 0 Å². The van der Waals surface area contributed by atoms with Crippen molar-refractivity contribution >= 4 is 11.9 Å². The van der Waals surface area contributed by atoms with Crippen LogP contribution in [0.4, 0.5) is 5.69 Å². The van der Waals surface area contributed by atoms with Crippen LogP contribution < -0.4 is 0 Å². The molecule has 0 fully saturated rings. The molecule has 0 spiro atoms. The van der Waals surface area contributed by atoms with Gasteiger partial charge in [0, 0.05) is 6.21 Å². The molecule has 76 valence electrons. The maximum Gasteiger partial charge on any atom is 0.118 e. The third-order valence-electron chi connectivity index (χ3n) is 2.10. The zero-order chi connectivity index (χ0) is 10.7. The first-order valence-corrected chi connectivity index (χ1v) is 4.66. The molecule has 0 amide bonds. The van der Waals surface area contributed by atoms with Crippen LogP contribution in [0.5, 0.6) is 5.75 Å². The van der Waals surface area contributed by atoms with E-state index in [2.05, 4.69) is 15.2 Å². The van der Waals surface area contributed by atoms with Gasteiger partial charge in [-0.3, -0.25) is 4.99 Å². The SMILES string of the molecule is Cc1cc(N=NC2=CC=NC2)ccc1O. The topological polar surface area (TPSA) is 57.3 Å². The average Bonchev–Trinajstić information content (AvgIpc) is 2.73. The summed E-state index contributed by atoms with van der Waals surface area (Å²) in [4.78, 5) is 4.00. The first-order chi connectivity index (χ1) is 7.25. The fourth-order valence-electron chi connectivity index (χ4n) is 1.23. The van der Waals surface area contributed by atoms with Crippen molar-refractivity contribution in [1.82, 2.24) is 0 Å². The molecular weight excluding hydrogens is 190 g/mol. The van der Waals surface area contributed by atoms with Gasteiger partial charge in [0.1, 0.15) is 5.75 Å². The Bertz CT molecular complexity index is 461. The minimum Gasteiger partial charge on any atom is -0.508 e. The number of aryl methyl sites for hydroxylation is 1. The van der Waals surface area contributed by atoms with Crippen LogP contribution in [0.3, 0.4) is 0 Å². The molecule has 0 saturated carbocycles. The fourth-order valence-corrected chi connectivity index (χ4v) is 1.23. The summed E-state index contributed by atoms with van der Waals surface area (Å²) in [6.45, 7) is 2.42. The number of nitrogens with zero attached hydrogens (tertiary/aromatic N) is 3. The third-order valence-corrected chi connectivity index (χ3v) is 2.10. The average molecular weight is 201 g/mol. The molecule has 1 N–H and O–H groups in total. The molecule has 1 aliphatic rings.